The number of carbonyl (C=O) groups excluding carboxylic acids is 1. The molecule has 0 atom stereocenters. The van der Waals surface area contributed by atoms with E-state index in [0.717, 1.165) is 11.2 Å². The minimum Gasteiger partial charge on any atom is -0.446 e. The molecule has 0 aliphatic rings. The SMILES string of the molecule is COCCOC(=O)N(C)SCl. The maximum atomic E-state index is 10.8. The van der Waals surface area contributed by atoms with Crippen LogP contribution in [0, 0.1) is 0 Å². The van der Waals surface area contributed by atoms with Crippen LogP contribution in [0.3, 0.4) is 0 Å². The third-order valence-corrected chi connectivity index (χ3v) is 1.85. The molecular formula is C5H10ClNO3S. The molecule has 1 amide bonds. The number of hydrogen-bond acceptors (Lipinski definition) is 4. The van der Waals surface area contributed by atoms with E-state index in [1.54, 1.807) is 0 Å². The van der Waals surface area contributed by atoms with Crippen LogP contribution in [-0.4, -0.2) is 37.8 Å². The van der Waals surface area contributed by atoms with Crippen molar-refractivity contribution in [2.75, 3.05) is 27.4 Å². The summed E-state index contributed by atoms with van der Waals surface area (Å²) in [5.41, 5.74) is 0. The zero-order chi connectivity index (χ0) is 8.69. The van der Waals surface area contributed by atoms with Crippen LogP contribution in [0.2, 0.25) is 0 Å². The van der Waals surface area contributed by atoms with Crippen molar-refractivity contribution < 1.29 is 14.3 Å². The van der Waals surface area contributed by atoms with Gasteiger partial charge in [0.25, 0.3) is 0 Å². The van der Waals surface area contributed by atoms with E-state index in [1.165, 1.54) is 18.5 Å². The molecule has 6 heteroatoms. The van der Waals surface area contributed by atoms with Crippen molar-refractivity contribution >= 4 is 27.9 Å². The standard InChI is InChI=1S/C5H10ClNO3S/c1-7(11-6)5(8)10-4-3-9-2/h3-4H2,1-2H3. The molecule has 0 N–H and O–H groups in total. The van der Waals surface area contributed by atoms with Gasteiger partial charge < -0.3 is 9.47 Å². The number of carbonyl (C=O) groups is 1. The summed E-state index contributed by atoms with van der Waals surface area (Å²) in [5.74, 6) is 0. The first-order valence-corrected chi connectivity index (χ1v) is 4.50. The minimum absolute atomic E-state index is 0.247. The van der Waals surface area contributed by atoms with Gasteiger partial charge in [0, 0.05) is 14.2 Å². The lowest BCUT2D eigenvalue weighted by Crippen LogP contribution is -2.21. The lowest BCUT2D eigenvalue weighted by atomic mass is 10.8. The Balaban J connectivity index is 3.36. The zero-order valence-electron chi connectivity index (χ0n) is 6.37. The summed E-state index contributed by atoms with van der Waals surface area (Å²) in [6, 6.07) is 0. The van der Waals surface area contributed by atoms with E-state index in [9.17, 15) is 4.79 Å². The molecule has 4 nitrogen and oxygen atoms in total. The number of ether oxygens (including phenoxy) is 2. The fourth-order valence-electron chi connectivity index (χ4n) is 0.331. The van der Waals surface area contributed by atoms with Crippen LogP contribution in [0.4, 0.5) is 4.79 Å². The first kappa shape index (κ1) is 10.9. The van der Waals surface area contributed by atoms with Gasteiger partial charge in [0.15, 0.2) is 0 Å². The molecule has 0 unspecified atom stereocenters. The summed E-state index contributed by atoms with van der Waals surface area (Å²) in [6.07, 6.45) is -0.470. The highest BCUT2D eigenvalue weighted by Crippen LogP contribution is 2.12. The molecule has 0 rings (SSSR count). The van der Waals surface area contributed by atoms with Crippen LogP contribution in [-0.2, 0) is 9.47 Å². The third kappa shape index (κ3) is 5.17. The average molecular weight is 200 g/mol. The number of nitrogens with zero attached hydrogens (tertiary/aromatic N) is 1. The lowest BCUT2D eigenvalue weighted by Gasteiger charge is -2.10. The predicted molar refractivity (Wildman–Crippen MR) is 44.4 cm³/mol. The average Bonchev–Trinajstić information content (AvgIpc) is 2.03. The van der Waals surface area contributed by atoms with E-state index < -0.39 is 6.09 Å². The van der Waals surface area contributed by atoms with Gasteiger partial charge in [-0.25, -0.2) is 9.10 Å². The second kappa shape index (κ2) is 6.57. The first-order valence-electron chi connectivity index (χ1n) is 2.90. The van der Waals surface area contributed by atoms with E-state index in [1.807, 2.05) is 0 Å². The van der Waals surface area contributed by atoms with Gasteiger partial charge in [-0.1, -0.05) is 0 Å². The topological polar surface area (TPSA) is 38.8 Å². The third-order valence-electron chi connectivity index (χ3n) is 0.874. The van der Waals surface area contributed by atoms with Crippen molar-refractivity contribution in [3.63, 3.8) is 0 Å². The first-order chi connectivity index (χ1) is 5.22. The summed E-state index contributed by atoms with van der Waals surface area (Å²) in [4.78, 5) is 10.8. The Morgan fingerprint density at radius 3 is 2.73 bits per heavy atom. The quantitative estimate of drug-likeness (QED) is 0.508. The Morgan fingerprint density at radius 2 is 2.27 bits per heavy atom. The maximum Gasteiger partial charge on any atom is 0.420 e. The van der Waals surface area contributed by atoms with Crippen LogP contribution in [0.25, 0.3) is 0 Å². The van der Waals surface area contributed by atoms with Crippen LogP contribution in [0.15, 0.2) is 0 Å². The Kier molecular flexibility index (Phi) is 6.49. The molecule has 0 aliphatic heterocycles. The van der Waals surface area contributed by atoms with E-state index >= 15 is 0 Å². The molecule has 0 heterocycles. The van der Waals surface area contributed by atoms with Crippen molar-refractivity contribution in [3.8, 4) is 0 Å². The van der Waals surface area contributed by atoms with Crippen molar-refractivity contribution in [3.05, 3.63) is 0 Å². The highest BCUT2D eigenvalue weighted by molar-refractivity contribution is 8.19. The largest absolute Gasteiger partial charge is 0.446 e. The molecule has 0 spiro atoms. The Labute approximate surface area is 74.4 Å². The predicted octanol–water partition coefficient (Wildman–Crippen LogP) is 1.50. The summed E-state index contributed by atoms with van der Waals surface area (Å²) in [5, 5.41) is 0. The second-order valence-corrected chi connectivity index (χ2v) is 2.77. The molecule has 0 aromatic rings. The van der Waals surface area contributed by atoms with Gasteiger partial charge in [-0.3, -0.25) is 0 Å². The van der Waals surface area contributed by atoms with Gasteiger partial charge in [-0.05, 0) is 10.7 Å². The lowest BCUT2D eigenvalue weighted by molar-refractivity contribution is 0.0907. The number of halogens is 1. The van der Waals surface area contributed by atoms with Crippen LogP contribution >= 0.6 is 21.8 Å². The Bertz CT molecular complexity index is 124. The van der Waals surface area contributed by atoms with Gasteiger partial charge in [0.1, 0.15) is 6.61 Å². The number of rotatable bonds is 4. The summed E-state index contributed by atoms with van der Waals surface area (Å²) in [7, 11) is 8.33. The number of amides is 1. The molecule has 66 valence electrons. The fourth-order valence-corrected chi connectivity index (χ4v) is 0.609. The van der Waals surface area contributed by atoms with Crippen LogP contribution in [0.1, 0.15) is 0 Å². The van der Waals surface area contributed by atoms with Crippen molar-refractivity contribution in [2.24, 2.45) is 0 Å². The summed E-state index contributed by atoms with van der Waals surface area (Å²) < 4.78 is 10.5. The van der Waals surface area contributed by atoms with E-state index in [-0.39, 0.29) is 6.61 Å². The van der Waals surface area contributed by atoms with E-state index in [2.05, 4.69) is 4.74 Å². The molecular weight excluding hydrogens is 190 g/mol. The van der Waals surface area contributed by atoms with Crippen molar-refractivity contribution in [1.29, 1.82) is 0 Å². The van der Waals surface area contributed by atoms with Crippen molar-refractivity contribution in [1.82, 2.24) is 4.31 Å². The molecule has 0 saturated heterocycles. The van der Waals surface area contributed by atoms with E-state index in [0.29, 0.717) is 6.61 Å². The molecule has 0 saturated carbocycles. The number of hydrogen-bond donors (Lipinski definition) is 0. The molecule has 11 heavy (non-hydrogen) atoms. The molecule has 0 fully saturated rings. The van der Waals surface area contributed by atoms with E-state index in [4.69, 9.17) is 15.4 Å². The van der Waals surface area contributed by atoms with Gasteiger partial charge >= 0.3 is 6.09 Å². The van der Waals surface area contributed by atoms with Crippen molar-refractivity contribution in [2.45, 2.75) is 0 Å². The molecule has 0 aromatic heterocycles. The van der Waals surface area contributed by atoms with Gasteiger partial charge in [0.2, 0.25) is 0 Å². The highest BCUT2D eigenvalue weighted by atomic mass is 35.7. The van der Waals surface area contributed by atoms with Crippen LogP contribution < -0.4 is 0 Å². The van der Waals surface area contributed by atoms with Gasteiger partial charge in [0.05, 0.1) is 17.8 Å². The molecule has 0 aliphatic carbocycles. The smallest absolute Gasteiger partial charge is 0.420 e. The number of methoxy groups -OCH3 is 1. The zero-order valence-corrected chi connectivity index (χ0v) is 7.94. The monoisotopic (exact) mass is 199 g/mol. The fraction of sp³-hybridized carbons (Fsp3) is 0.800. The van der Waals surface area contributed by atoms with Gasteiger partial charge in [-0.2, -0.15) is 0 Å². The Morgan fingerprint density at radius 1 is 1.64 bits per heavy atom. The summed E-state index contributed by atoms with van der Waals surface area (Å²) >= 11 is 0.781. The molecule has 0 radical (unpaired) electrons. The summed E-state index contributed by atoms with van der Waals surface area (Å²) in [6.45, 7) is 0.643. The highest BCUT2D eigenvalue weighted by Gasteiger charge is 2.08. The van der Waals surface area contributed by atoms with Gasteiger partial charge in [-0.15, -0.1) is 0 Å². The van der Waals surface area contributed by atoms with Crippen LogP contribution in [0.5, 0.6) is 0 Å². The maximum absolute atomic E-state index is 10.8. The molecule has 0 bridgehead atoms. The molecule has 0 aromatic carbocycles. The normalized spacial score (nSPS) is 9.36. The minimum atomic E-state index is -0.470. The Hall–Kier alpha value is -0.130. The second-order valence-electron chi connectivity index (χ2n) is 1.67.